The second-order valence-corrected chi connectivity index (χ2v) is 7.34. The van der Waals surface area contributed by atoms with Crippen molar-refractivity contribution in [3.8, 4) is 0 Å². The first kappa shape index (κ1) is 16.5. The molecule has 0 aromatic heterocycles. The summed E-state index contributed by atoms with van der Waals surface area (Å²) in [4.78, 5) is 0. The molecule has 21 heavy (non-hydrogen) atoms. The number of aryl methyl sites for hydroxylation is 2. The van der Waals surface area contributed by atoms with Crippen LogP contribution in [0.25, 0.3) is 0 Å². The molecule has 0 radical (unpaired) electrons. The Morgan fingerprint density at radius 2 is 1.52 bits per heavy atom. The smallest absolute Gasteiger partial charge is 0.00251 e. The van der Waals surface area contributed by atoms with E-state index in [1.54, 1.807) is 5.56 Å². The lowest BCUT2D eigenvalue weighted by Gasteiger charge is -2.28. The predicted octanol–water partition coefficient (Wildman–Crippen LogP) is 5.36. The SMILES string of the molecule is Cc1cc(C)cc(C(CNC(C)C)C2CCCCCC2)c1. The maximum absolute atomic E-state index is 3.70. The standard InChI is InChI=1S/C20H33N/c1-15(2)21-14-20(18-9-7-5-6-8-10-18)19-12-16(3)11-17(4)13-19/h11-13,15,18,20-21H,5-10,14H2,1-4H3. The van der Waals surface area contributed by atoms with Gasteiger partial charge in [0.15, 0.2) is 0 Å². The Kier molecular flexibility index (Phi) is 6.29. The molecule has 1 heteroatoms. The Hall–Kier alpha value is -0.820. The Labute approximate surface area is 131 Å². The first-order chi connectivity index (χ1) is 10.1. The fourth-order valence-electron chi connectivity index (χ4n) is 3.86. The van der Waals surface area contributed by atoms with E-state index in [1.165, 1.54) is 49.7 Å². The van der Waals surface area contributed by atoms with Crippen molar-refractivity contribution < 1.29 is 0 Å². The van der Waals surface area contributed by atoms with Gasteiger partial charge in [0.05, 0.1) is 0 Å². The van der Waals surface area contributed by atoms with Crippen LogP contribution >= 0.6 is 0 Å². The highest BCUT2D eigenvalue weighted by Gasteiger charge is 2.24. The number of nitrogens with one attached hydrogen (secondary N) is 1. The summed E-state index contributed by atoms with van der Waals surface area (Å²) in [7, 11) is 0. The zero-order valence-electron chi connectivity index (χ0n) is 14.4. The molecule has 0 amide bonds. The minimum Gasteiger partial charge on any atom is -0.314 e. The van der Waals surface area contributed by atoms with Gasteiger partial charge in [-0.25, -0.2) is 0 Å². The predicted molar refractivity (Wildman–Crippen MR) is 93.0 cm³/mol. The summed E-state index contributed by atoms with van der Waals surface area (Å²) in [6.07, 6.45) is 8.55. The Morgan fingerprint density at radius 1 is 0.952 bits per heavy atom. The minimum atomic E-state index is 0.573. The maximum atomic E-state index is 3.70. The van der Waals surface area contributed by atoms with Crippen molar-refractivity contribution in [2.75, 3.05) is 6.54 Å². The Morgan fingerprint density at radius 3 is 2.05 bits per heavy atom. The van der Waals surface area contributed by atoms with Crippen LogP contribution in [0.2, 0.25) is 0 Å². The van der Waals surface area contributed by atoms with E-state index in [4.69, 9.17) is 0 Å². The van der Waals surface area contributed by atoms with E-state index in [2.05, 4.69) is 51.2 Å². The molecule has 1 aliphatic rings. The first-order valence-electron chi connectivity index (χ1n) is 8.88. The third-order valence-corrected chi connectivity index (χ3v) is 4.89. The summed E-state index contributed by atoms with van der Waals surface area (Å²) < 4.78 is 0. The molecule has 1 fully saturated rings. The van der Waals surface area contributed by atoms with Crippen molar-refractivity contribution in [1.29, 1.82) is 0 Å². The summed E-state index contributed by atoms with van der Waals surface area (Å²) in [5.41, 5.74) is 4.38. The molecule has 0 saturated heterocycles. The minimum absolute atomic E-state index is 0.573. The molecular weight excluding hydrogens is 254 g/mol. The Bertz CT molecular complexity index is 407. The van der Waals surface area contributed by atoms with Crippen LogP contribution in [0.5, 0.6) is 0 Å². The lowest BCUT2D eigenvalue weighted by molar-refractivity contribution is 0.353. The van der Waals surface area contributed by atoms with Gasteiger partial charge in [-0.1, -0.05) is 68.9 Å². The van der Waals surface area contributed by atoms with E-state index < -0.39 is 0 Å². The van der Waals surface area contributed by atoms with E-state index in [0.717, 1.165) is 12.5 Å². The van der Waals surface area contributed by atoms with Crippen LogP contribution in [0.3, 0.4) is 0 Å². The van der Waals surface area contributed by atoms with Gasteiger partial charge in [-0.05, 0) is 44.1 Å². The van der Waals surface area contributed by atoms with Gasteiger partial charge in [-0.2, -0.15) is 0 Å². The van der Waals surface area contributed by atoms with E-state index in [-0.39, 0.29) is 0 Å². The third-order valence-electron chi connectivity index (χ3n) is 4.89. The molecule has 0 aliphatic heterocycles. The molecule has 1 nitrogen and oxygen atoms in total. The van der Waals surface area contributed by atoms with Crippen LogP contribution in [0.4, 0.5) is 0 Å². The van der Waals surface area contributed by atoms with Crippen LogP contribution in [-0.4, -0.2) is 12.6 Å². The van der Waals surface area contributed by atoms with Gasteiger partial charge in [-0.3, -0.25) is 0 Å². The van der Waals surface area contributed by atoms with Crippen molar-refractivity contribution >= 4 is 0 Å². The zero-order chi connectivity index (χ0) is 15.2. The summed E-state index contributed by atoms with van der Waals surface area (Å²) in [6.45, 7) is 10.1. The van der Waals surface area contributed by atoms with E-state index in [1.807, 2.05) is 0 Å². The van der Waals surface area contributed by atoms with Gasteiger partial charge in [-0.15, -0.1) is 0 Å². The summed E-state index contributed by atoms with van der Waals surface area (Å²) >= 11 is 0. The van der Waals surface area contributed by atoms with Gasteiger partial charge in [0.2, 0.25) is 0 Å². The highest BCUT2D eigenvalue weighted by molar-refractivity contribution is 5.31. The largest absolute Gasteiger partial charge is 0.314 e. The second kappa shape index (κ2) is 7.98. The van der Waals surface area contributed by atoms with Crippen LogP contribution in [0.15, 0.2) is 18.2 Å². The van der Waals surface area contributed by atoms with Crippen LogP contribution < -0.4 is 5.32 Å². The molecule has 1 aromatic rings. The molecule has 0 bridgehead atoms. The molecule has 1 aromatic carbocycles. The number of benzene rings is 1. The summed E-state index contributed by atoms with van der Waals surface area (Å²) in [5.74, 6) is 1.55. The van der Waals surface area contributed by atoms with Gasteiger partial charge in [0.25, 0.3) is 0 Å². The van der Waals surface area contributed by atoms with Crippen molar-refractivity contribution in [2.45, 2.75) is 78.2 Å². The van der Waals surface area contributed by atoms with E-state index in [9.17, 15) is 0 Å². The Balaban J connectivity index is 2.20. The molecule has 0 spiro atoms. The molecule has 1 unspecified atom stereocenters. The van der Waals surface area contributed by atoms with Crippen molar-refractivity contribution in [2.24, 2.45) is 5.92 Å². The topological polar surface area (TPSA) is 12.0 Å². The molecule has 1 saturated carbocycles. The van der Waals surface area contributed by atoms with Crippen LogP contribution in [-0.2, 0) is 0 Å². The molecule has 118 valence electrons. The number of rotatable bonds is 5. The molecule has 1 N–H and O–H groups in total. The highest BCUT2D eigenvalue weighted by atomic mass is 14.9. The molecular formula is C20H33N. The fraction of sp³-hybridized carbons (Fsp3) is 0.700. The summed E-state index contributed by atoms with van der Waals surface area (Å²) in [6, 6.07) is 7.71. The van der Waals surface area contributed by atoms with E-state index in [0.29, 0.717) is 12.0 Å². The van der Waals surface area contributed by atoms with Crippen molar-refractivity contribution in [3.05, 3.63) is 34.9 Å². The third kappa shape index (κ3) is 5.14. The molecule has 0 heterocycles. The average Bonchev–Trinajstić information content (AvgIpc) is 2.66. The zero-order valence-corrected chi connectivity index (χ0v) is 14.4. The lowest BCUT2D eigenvalue weighted by Crippen LogP contribution is -2.31. The van der Waals surface area contributed by atoms with Gasteiger partial charge in [0.1, 0.15) is 0 Å². The van der Waals surface area contributed by atoms with Gasteiger partial charge < -0.3 is 5.32 Å². The molecule has 1 aliphatic carbocycles. The van der Waals surface area contributed by atoms with Crippen LogP contribution in [0.1, 0.15) is 75.0 Å². The maximum Gasteiger partial charge on any atom is 0.00251 e. The first-order valence-corrected chi connectivity index (χ1v) is 8.88. The normalized spacial score (nSPS) is 18.7. The van der Waals surface area contributed by atoms with Gasteiger partial charge >= 0.3 is 0 Å². The van der Waals surface area contributed by atoms with Crippen molar-refractivity contribution in [1.82, 2.24) is 5.32 Å². The van der Waals surface area contributed by atoms with Gasteiger partial charge in [0, 0.05) is 12.6 Å². The van der Waals surface area contributed by atoms with Crippen molar-refractivity contribution in [3.63, 3.8) is 0 Å². The van der Waals surface area contributed by atoms with E-state index >= 15 is 0 Å². The lowest BCUT2D eigenvalue weighted by atomic mass is 9.80. The van der Waals surface area contributed by atoms with Crippen LogP contribution in [0, 0.1) is 19.8 Å². The molecule has 2 rings (SSSR count). The quantitative estimate of drug-likeness (QED) is 0.719. The number of hydrogen-bond donors (Lipinski definition) is 1. The number of hydrogen-bond acceptors (Lipinski definition) is 1. The summed E-state index contributed by atoms with van der Waals surface area (Å²) in [5, 5.41) is 3.70. The molecule has 1 atom stereocenters. The average molecular weight is 287 g/mol. The highest BCUT2D eigenvalue weighted by Crippen LogP contribution is 2.35. The monoisotopic (exact) mass is 287 g/mol. The fourth-order valence-corrected chi connectivity index (χ4v) is 3.86. The second-order valence-electron chi connectivity index (χ2n) is 7.34.